The SMILES string of the molecule is CCOC(=O)C(C(=O)OCC)[C@@H]1C[C@@H](C)O[C@H]1n1cc(I)c(=O)[nH]c1=O. The van der Waals surface area contributed by atoms with Crippen molar-refractivity contribution in [1.29, 1.82) is 0 Å². The zero-order valence-corrected chi connectivity index (χ0v) is 16.8. The summed E-state index contributed by atoms with van der Waals surface area (Å²) in [5, 5.41) is 0. The highest BCUT2D eigenvalue weighted by atomic mass is 127. The zero-order chi connectivity index (χ0) is 19.4. The first-order valence-corrected chi connectivity index (χ1v) is 9.37. The molecule has 2 rings (SSSR count). The predicted octanol–water partition coefficient (Wildman–Crippen LogP) is 0.807. The topological polar surface area (TPSA) is 117 Å². The van der Waals surface area contributed by atoms with Gasteiger partial charge in [0.25, 0.3) is 5.56 Å². The minimum absolute atomic E-state index is 0.110. The van der Waals surface area contributed by atoms with Crippen molar-refractivity contribution in [2.75, 3.05) is 13.2 Å². The molecule has 1 fully saturated rings. The summed E-state index contributed by atoms with van der Waals surface area (Å²) in [7, 11) is 0. The van der Waals surface area contributed by atoms with Gasteiger partial charge in [0, 0.05) is 12.1 Å². The molecule has 1 N–H and O–H groups in total. The van der Waals surface area contributed by atoms with Crippen LogP contribution in [-0.2, 0) is 23.8 Å². The van der Waals surface area contributed by atoms with Crippen LogP contribution in [0.25, 0.3) is 0 Å². The van der Waals surface area contributed by atoms with Crippen molar-refractivity contribution >= 4 is 34.5 Å². The molecule has 9 nitrogen and oxygen atoms in total. The maximum absolute atomic E-state index is 12.4. The molecule has 0 bridgehead atoms. The Morgan fingerprint density at radius 1 is 1.31 bits per heavy atom. The summed E-state index contributed by atoms with van der Waals surface area (Å²) in [5.41, 5.74) is -1.19. The Bertz CT molecular complexity index is 770. The molecular formula is C16H21IN2O7. The zero-order valence-electron chi connectivity index (χ0n) is 14.7. The van der Waals surface area contributed by atoms with Gasteiger partial charge in [-0.15, -0.1) is 0 Å². The number of aromatic nitrogens is 2. The van der Waals surface area contributed by atoms with E-state index in [1.807, 2.05) is 0 Å². The molecule has 10 heteroatoms. The molecule has 0 aliphatic carbocycles. The number of hydrogen-bond acceptors (Lipinski definition) is 7. The second kappa shape index (κ2) is 8.80. The molecule has 26 heavy (non-hydrogen) atoms. The van der Waals surface area contributed by atoms with Gasteiger partial charge in [0.15, 0.2) is 5.92 Å². The van der Waals surface area contributed by atoms with Gasteiger partial charge >= 0.3 is 17.6 Å². The molecule has 144 valence electrons. The Kier molecular flexibility index (Phi) is 6.98. The molecule has 0 spiro atoms. The number of aromatic amines is 1. The number of rotatable bonds is 6. The largest absolute Gasteiger partial charge is 0.465 e. The van der Waals surface area contributed by atoms with Crippen LogP contribution < -0.4 is 11.2 Å². The minimum atomic E-state index is -1.22. The molecule has 3 atom stereocenters. The fraction of sp³-hybridized carbons (Fsp3) is 0.625. The number of carbonyl (C=O) groups excluding carboxylic acids is 2. The van der Waals surface area contributed by atoms with Crippen LogP contribution in [0, 0.1) is 15.4 Å². The average molecular weight is 480 g/mol. The van der Waals surface area contributed by atoms with Crippen LogP contribution in [0.5, 0.6) is 0 Å². The second-order valence-electron chi connectivity index (χ2n) is 5.86. The van der Waals surface area contributed by atoms with E-state index < -0.39 is 41.3 Å². The molecule has 1 aliphatic heterocycles. The van der Waals surface area contributed by atoms with Crippen molar-refractivity contribution in [3.8, 4) is 0 Å². The quantitative estimate of drug-likeness (QED) is 0.364. The lowest BCUT2D eigenvalue weighted by Crippen LogP contribution is -2.41. The normalized spacial score (nSPS) is 22.4. The number of H-pyrrole nitrogens is 1. The van der Waals surface area contributed by atoms with E-state index in [0.29, 0.717) is 6.42 Å². The van der Waals surface area contributed by atoms with Crippen LogP contribution >= 0.6 is 22.6 Å². The molecule has 0 amide bonds. The van der Waals surface area contributed by atoms with Gasteiger partial charge in [0.05, 0.1) is 22.9 Å². The summed E-state index contributed by atoms with van der Waals surface area (Å²) in [6.45, 7) is 5.28. The highest BCUT2D eigenvalue weighted by Gasteiger charge is 2.48. The van der Waals surface area contributed by atoms with Gasteiger partial charge in [0.1, 0.15) is 6.23 Å². The number of hydrogen-bond donors (Lipinski definition) is 1. The molecule has 1 aliphatic rings. The highest BCUT2D eigenvalue weighted by Crippen LogP contribution is 2.39. The van der Waals surface area contributed by atoms with Crippen LogP contribution in [0.1, 0.15) is 33.4 Å². The van der Waals surface area contributed by atoms with Gasteiger partial charge in [-0.3, -0.25) is 23.9 Å². The minimum Gasteiger partial charge on any atom is -0.465 e. The molecule has 0 aromatic carbocycles. The average Bonchev–Trinajstić information content (AvgIpc) is 2.92. The third-order valence-electron chi connectivity index (χ3n) is 4.05. The number of carbonyl (C=O) groups is 2. The second-order valence-corrected chi connectivity index (χ2v) is 7.02. The van der Waals surface area contributed by atoms with Gasteiger partial charge in [-0.1, -0.05) is 0 Å². The summed E-state index contributed by atoms with van der Waals surface area (Å²) >= 11 is 1.79. The molecule has 1 aromatic heterocycles. The number of ether oxygens (including phenoxy) is 3. The van der Waals surface area contributed by atoms with E-state index in [9.17, 15) is 19.2 Å². The Hall–Kier alpha value is -1.69. The highest BCUT2D eigenvalue weighted by molar-refractivity contribution is 14.1. The Morgan fingerprint density at radius 2 is 1.88 bits per heavy atom. The summed E-state index contributed by atoms with van der Waals surface area (Å²) < 4.78 is 17.3. The van der Waals surface area contributed by atoms with Crippen LogP contribution in [0.3, 0.4) is 0 Å². The lowest BCUT2D eigenvalue weighted by molar-refractivity contribution is -0.167. The van der Waals surface area contributed by atoms with Crippen LogP contribution in [0.4, 0.5) is 0 Å². The first-order valence-electron chi connectivity index (χ1n) is 8.29. The maximum atomic E-state index is 12.4. The molecular weight excluding hydrogens is 459 g/mol. The number of nitrogens with zero attached hydrogens (tertiary/aromatic N) is 1. The maximum Gasteiger partial charge on any atom is 0.330 e. The third-order valence-corrected chi connectivity index (χ3v) is 4.82. The van der Waals surface area contributed by atoms with E-state index in [2.05, 4.69) is 4.98 Å². The third kappa shape index (κ3) is 4.34. The van der Waals surface area contributed by atoms with E-state index in [4.69, 9.17) is 14.2 Å². The molecule has 2 heterocycles. The summed E-state index contributed by atoms with van der Waals surface area (Å²) in [6.07, 6.45) is 0.509. The van der Waals surface area contributed by atoms with Crippen molar-refractivity contribution in [2.45, 2.75) is 39.5 Å². The van der Waals surface area contributed by atoms with E-state index in [1.54, 1.807) is 43.4 Å². The van der Waals surface area contributed by atoms with E-state index >= 15 is 0 Å². The molecule has 1 aromatic rings. The lowest BCUT2D eigenvalue weighted by Gasteiger charge is -2.25. The standard InChI is InChI=1S/C16H21IN2O7/c1-4-24-14(21)11(15(22)25-5-2)9-6-8(3)26-13(9)19-7-10(17)12(20)18-16(19)23/h7-9,11,13H,4-6H2,1-3H3,(H,18,20,23)/t8-,9+,13-/m1/s1. The first kappa shape index (κ1) is 20.6. The molecule has 1 saturated heterocycles. The Morgan fingerprint density at radius 3 is 2.42 bits per heavy atom. The summed E-state index contributed by atoms with van der Waals surface area (Å²) in [6, 6.07) is 0. The predicted molar refractivity (Wildman–Crippen MR) is 98.5 cm³/mol. The van der Waals surface area contributed by atoms with E-state index in [1.165, 1.54) is 10.8 Å². The van der Waals surface area contributed by atoms with Gasteiger partial charge in [0.2, 0.25) is 0 Å². The molecule has 0 unspecified atom stereocenters. The first-order chi connectivity index (χ1) is 12.3. The number of halogens is 1. The smallest absolute Gasteiger partial charge is 0.330 e. The van der Waals surface area contributed by atoms with E-state index in [-0.39, 0.29) is 22.9 Å². The Balaban J connectivity index is 2.47. The van der Waals surface area contributed by atoms with Crippen molar-refractivity contribution < 1.29 is 23.8 Å². The number of nitrogens with one attached hydrogen (secondary N) is 1. The molecule has 0 radical (unpaired) electrons. The number of esters is 2. The fourth-order valence-corrected chi connectivity index (χ4v) is 3.46. The monoisotopic (exact) mass is 480 g/mol. The molecule has 0 saturated carbocycles. The van der Waals surface area contributed by atoms with Gasteiger partial charge in [-0.05, 0) is 49.8 Å². The van der Waals surface area contributed by atoms with Crippen LogP contribution in [0.2, 0.25) is 0 Å². The summed E-state index contributed by atoms with van der Waals surface area (Å²) in [4.78, 5) is 50.9. The van der Waals surface area contributed by atoms with Crippen molar-refractivity contribution in [3.05, 3.63) is 30.6 Å². The van der Waals surface area contributed by atoms with E-state index in [0.717, 1.165) is 0 Å². The lowest BCUT2D eigenvalue weighted by atomic mass is 9.88. The Labute approximate surface area is 163 Å². The van der Waals surface area contributed by atoms with Crippen LogP contribution in [-0.4, -0.2) is 40.8 Å². The van der Waals surface area contributed by atoms with Crippen molar-refractivity contribution in [2.24, 2.45) is 11.8 Å². The van der Waals surface area contributed by atoms with Crippen molar-refractivity contribution in [3.63, 3.8) is 0 Å². The van der Waals surface area contributed by atoms with Crippen LogP contribution in [0.15, 0.2) is 15.8 Å². The van der Waals surface area contributed by atoms with Gasteiger partial charge in [-0.25, -0.2) is 4.79 Å². The van der Waals surface area contributed by atoms with Gasteiger partial charge in [-0.2, -0.15) is 0 Å². The van der Waals surface area contributed by atoms with Gasteiger partial charge < -0.3 is 14.2 Å². The fourth-order valence-electron chi connectivity index (χ4n) is 3.03. The van der Waals surface area contributed by atoms with Crippen molar-refractivity contribution in [1.82, 2.24) is 9.55 Å². The summed E-state index contributed by atoms with van der Waals surface area (Å²) in [5.74, 6) is -3.32.